The second-order valence-corrected chi connectivity index (χ2v) is 7.25. The minimum absolute atomic E-state index is 0.0778. The lowest BCUT2D eigenvalue weighted by atomic mass is 9.99. The highest BCUT2D eigenvalue weighted by molar-refractivity contribution is 5.90. The summed E-state index contributed by atoms with van der Waals surface area (Å²) < 4.78 is 4.77. The number of likely N-dealkylation sites (N-methyl/N-ethyl adjacent to an activating group) is 1. The van der Waals surface area contributed by atoms with E-state index < -0.39 is 0 Å². The molecule has 2 N–H and O–H groups in total. The minimum Gasteiger partial charge on any atom is -0.465 e. The molecule has 0 aliphatic heterocycles. The van der Waals surface area contributed by atoms with E-state index in [-0.39, 0.29) is 12.1 Å². The number of benzene rings is 1. The highest BCUT2D eigenvalue weighted by Gasteiger charge is 2.09. The van der Waals surface area contributed by atoms with Crippen LogP contribution in [-0.2, 0) is 9.53 Å². The standard InChI is InChI=1S/C17H24N2O2.C8H16O/c1-6-7-16(18-4)19-11-13(3)15-10-14(17(20)21-5)9-8-12(15)2;1-3-5-6-8(4-2)7-9/h6-11,16,18-19H,1-5H3;7-8H,3-6H2,1-2H3/b7-6-,13-11+;. The largest absolute Gasteiger partial charge is 0.465 e. The molecular formula is C25H40N2O3. The monoisotopic (exact) mass is 416 g/mol. The number of aryl methyl sites for hydroxylation is 1. The predicted octanol–water partition coefficient (Wildman–Crippen LogP) is 5.26. The van der Waals surface area contributed by atoms with Gasteiger partial charge in [-0.05, 0) is 69.5 Å². The average Bonchev–Trinajstić information content (AvgIpc) is 2.77. The van der Waals surface area contributed by atoms with Crippen LogP contribution in [0.3, 0.4) is 0 Å². The summed E-state index contributed by atoms with van der Waals surface area (Å²) in [6.45, 7) is 10.2. The number of aldehydes is 1. The van der Waals surface area contributed by atoms with Crippen LogP contribution in [0.5, 0.6) is 0 Å². The van der Waals surface area contributed by atoms with E-state index >= 15 is 0 Å². The number of carbonyl (C=O) groups is 2. The van der Waals surface area contributed by atoms with Gasteiger partial charge in [0, 0.05) is 12.1 Å². The molecule has 0 radical (unpaired) electrons. The molecule has 5 nitrogen and oxygen atoms in total. The summed E-state index contributed by atoms with van der Waals surface area (Å²) in [7, 11) is 3.28. The van der Waals surface area contributed by atoms with Crippen molar-refractivity contribution in [1.82, 2.24) is 10.6 Å². The van der Waals surface area contributed by atoms with Gasteiger partial charge in [0.15, 0.2) is 0 Å². The number of hydrogen-bond acceptors (Lipinski definition) is 5. The first-order valence-electron chi connectivity index (χ1n) is 10.8. The lowest BCUT2D eigenvalue weighted by molar-refractivity contribution is -0.111. The molecule has 2 unspecified atom stereocenters. The third kappa shape index (κ3) is 10.4. The van der Waals surface area contributed by atoms with E-state index in [4.69, 9.17) is 4.74 Å². The predicted molar refractivity (Wildman–Crippen MR) is 126 cm³/mol. The average molecular weight is 417 g/mol. The van der Waals surface area contributed by atoms with E-state index in [1.807, 2.05) is 58.3 Å². The lowest BCUT2D eigenvalue weighted by Gasteiger charge is -2.14. The fourth-order valence-corrected chi connectivity index (χ4v) is 2.85. The molecule has 0 amide bonds. The number of rotatable bonds is 11. The summed E-state index contributed by atoms with van der Waals surface area (Å²) in [5, 5.41) is 6.43. The molecule has 0 saturated carbocycles. The van der Waals surface area contributed by atoms with Crippen LogP contribution in [-0.4, -0.2) is 32.6 Å². The van der Waals surface area contributed by atoms with Crippen LogP contribution in [0.2, 0.25) is 0 Å². The Kier molecular flexibility index (Phi) is 15.1. The van der Waals surface area contributed by atoms with E-state index in [0.717, 1.165) is 35.8 Å². The van der Waals surface area contributed by atoms with Gasteiger partial charge in [0.2, 0.25) is 0 Å². The Hall–Kier alpha value is -2.40. The van der Waals surface area contributed by atoms with Crippen molar-refractivity contribution in [2.45, 2.75) is 66.5 Å². The first kappa shape index (κ1) is 27.6. The summed E-state index contributed by atoms with van der Waals surface area (Å²) in [4.78, 5) is 21.9. The molecule has 0 aliphatic rings. The third-order valence-corrected chi connectivity index (χ3v) is 4.90. The van der Waals surface area contributed by atoms with E-state index in [1.165, 1.54) is 20.0 Å². The van der Waals surface area contributed by atoms with Crippen LogP contribution < -0.4 is 10.6 Å². The summed E-state index contributed by atoms with van der Waals surface area (Å²) in [5.41, 5.74) is 3.76. The van der Waals surface area contributed by atoms with Crippen molar-refractivity contribution in [3.63, 3.8) is 0 Å². The normalized spacial score (nSPS) is 13.2. The lowest BCUT2D eigenvalue weighted by Crippen LogP contribution is -2.35. The van der Waals surface area contributed by atoms with Crippen LogP contribution in [0.25, 0.3) is 5.57 Å². The molecule has 5 heteroatoms. The van der Waals surface area contributed by atoms with Crippen molar-refractivity contribution >= 4 is 17.8 Å². The molecule has 1 aromatic carbocycles. The summed E-state index contributed by atoms with van der Waals surface area (Å²) in [6, 6.07) is 5.57. The number of hydrogen-bond donors (Lipinski definition) is 2. The van der Waals surface area contributed by atoms with Crippen molar-refractivity contribution in [2.24, 2.45) is 5.92 Å². The molecule has 0 bridgehead atoms. The zero-order valence-electron chi connectivity index (χ0n) is 19.7. The fourth-order valence-electron chi connectivity index (χ4n) is 2.85. The molecule has 0 aliphatic carbocycles. The highest BCUT2D eigenvalue weighted by atomic mass is 16.5. The molecule has 1 rings (SSSR count). The summed E-state index contributed by atoms with van der Waals surface area (Å²) in [6.07, 6.45) is 11.6. The Labute approximate surface area is 183 Å². The van der Waals surface area contributed by atoms with Crippen molar-refractivity contribution in [2.75, 3.05) is 14.2 Å². The third-order valence-electron chi connectivity index (χ3n) is 4.90. The summed E-state index contributed by atoms with van der Waals surface area (Å²) in [5.74, 6) is 0.00368. The van der Waals surface area contributed by atoms with Gasteiger partial charge in [-0.2, -0.15) is 0 Å². The minimum atomic E-state index is -0.320. The second-order valence-electron chi connectivity index (χ2n) is 7.25. The van der Waals surface area contributed by atoms with Gasteiger partial charge in [-0.25, -0.2) is 4.79 Å². The molecular weight excluding hydrogens is 376 g/mol. The Morgan fingerprint density at radius 3 is 2.47 bits per heavy atom. The summed E-state index contributed by atoms with van der Waals surface area (Å²) >= 11 is 0. The Balaban J connectivity index is 0.000000787. The van der Waals surface area contributed by atoms with Crippen LogP contribution in [0.4, 0.5) is 0 Å². The van der Waals surface area contributed by atoms with Crippen molar-refractivity contribution < 1.29 is 14.3 Å². The quantitative estimate of drug-likeness (QED) is 0.223. The number of nitrogens with one attached hydrogen (secondary N) is 2. The van der Waals surface area contributed by atoms with Crippen LogP contribution in [0, 0.1) is 12.8 Å². The SMILES string of the molecule is C/C=C\C(NC)N/C=C(\C)c1cc(C(=O)OC)ccc1C.CCCCC(C=O)CC. The Morgan fingerprint density at radius 2 is 1.97 bits per heavy atom. The van der Waals surface area contributed by atoms with Crippen molar-refractivity contribution in [3.8, 4) is 0 Å². The number of ether oxygens (including phenoxy) is 1. The van der Waals surface area contributed by atoms with E-state index in [2.05, 4.69) is 24.5 Å². The van der Waals surface area contributed by atoms with E-state index in [9.17, 15) is 9.59 Å². The number of allylic oxidation sites excluding steroid dienone is 2. The Bertz CT molecular complexity index is 696. The number of methoxy groups -OCH3 is 1. The maximum atomic E-state index is 11.6. The zero-order valence-corrected chi connectivity index (χ0v) is 19.7. The number of unbranched alkanes of at least 4 members (excludes halogenated alkanes) is 1. The first-order valence-corrected chi connectivity index (χ1v) is 10.8. The molecule has 168 valence electrons. The van der Waals surface area contributed by atoms with Gasteiger partial charge in [0.25, 0.3) is 0 Å². The second kappa shape index (κ2) is 16.4. The zero-order chi connectivity index (χ0) is 22.9. The number of carbonyl (C=O) groups excluding carboxylic acids is 2. The van der Waals surface area contributed by atoms with Crippen molar-refractivity contribution in [1.29, 1.82) is 0 Å². The van der Waals surface area contributed by atoms with Gasteiger partial charge in [0.1, 0.15) is 6.29 Å². The fraction of sp³-hybridized carbons (Fsp3) is 0.520. The van der Waals surface area contributed by atoms with Gasteiger partial charge in [-0.1, -0.05) is 44.9 Å². The molecule has 0 heterocycles. The van der Waals surface area contributed by atoms with Gasteiger partial charge in [-0.15, -0.1) is 0 Å². The van der Waals surface area contributed by atoms with Crippen molar-refractivity contribution in [3.05, 3.63) is 53.2 Å². The van der Waals surface area contributed by atoms with Crippen LogP contribution >= 0.6 is 0 Å². The smallest absolute Gasteiger partial charge is 0.337 e. The van der Waals surface area contributed by atoms with Gasteiger partial charge in [-0.3, -0.25) is 5.32 Å². The maximum Gasteiger partial charge on any atom is 0.337 e. The van der Waals surface area contributed by atoms with Gasteiger partial charge in [0.05, 0.1) is 18.8 Å². The highest BCUT2D eigenvalue weighted by Crippen LogP contribution is 2.20. The van der Waals surface area contributed by atoms with Crippen LogP contribution in [0.15, 0.2) is 36.6 Å². The van der Waals surface area contributed by atoms with Gasteiger partial charge < -0.3 is 14.8 Å². The first-order chi connectivity index (χ1) is 14.4. The Morgan fingerprint density at radius 1 is 1.27 bits per heavy atom. The van der Waals surface area contributed by atoms with Crippen LogP contribution in [0.1, 0.15) is 74.9 Å². The molecule has 0 aromatic heterocycles. The maximum absolute atomic E-state index is 11.6. The topological polar surface area (TPSA) is 67.4 Å². The molecule has 30 heavy (non-hydrogen) atoms. The molecule has 0 fully saturated rings. The molecule has 1 aromatic rings. The molecule has 0 saturated heterocycles. The molecule has 0 spiro atoms. The van der Waals surface area contributed by atoms with E-state index in [1.54, 1.807) is 6.07 Å². The van der Waals surface area contributed by atoms with Gasteiger partial charge >= 0.3 is 5.97 Å². The van der Waals surface area contributed by atoms with E-state index in [0.29, 0.717) is 11.5 Å². The molecule has 2 atom stereocenters. The number of esters is 1.